The van der Waals surface area contributed by atoms with E-state index in [0.717, 1.165) is 12.1 Å². The second-order valence-corrected chi connectivity index (χ2v) is 5.18. The number of hydrogen-bond acceptors (Lipinski definition) is 3. The molecule has 86 valence electrons. The molecule has 2 atom stereocenters. The van der Waals surface area contributed by atoms with Crippen LogP contribution < -0.4 is 5.73 Å². The zero-order valence-electron chi connectivity index (χ0n) is 9.63. The fourth-order valence-corrected chi connectivity index (χ4v) is 2.68. The maximum Gasteiger partial charge on any atom is 0.0951 e. The van der Waals surface area contributed by atoms with Gasteiger partial charge < -0.3 is 10.3 Å². The first-order valence-corrected chi connectivity index (χ1v) is 6.36. The monoisotopic (exact) mass is 235 g/mol. The Morgan fingerprint density at radius 2 is 2.31 bits per heavy atom. The average Bonchev–Trinajstić information content (AvgIpc) is 2.86. The minimum Gasteiger partial charge on any atom is -0.330 e. The largest absolute Gasteiger partial charge is 0.330 e. The van der Waals surface area contributed by atoms with Crippen LogP contribution in [0, 0.1) is 0 Å². The standard InChI is InChI=1S/C12H17N3S/c1-9(6-11-4-3-5-16-11)15-8-14-7-12(15)10(2)13/h3-5,7-10H,6,13H2,1-2H3. The van der Waals surface area contributed by atoms with Gasteiger partial charge in [-0.25, -0.2) is 4.98 Å². The highest BCUT2D eigenvalue weighted by Crippen LogP contribution is 2.21. The Balaban J connectivity index is 2.14. The minimum absolute atomic E-state index is 0.0354. The summed E-state index contributed by atoms with van der Waals surface area (Å²) in [6, 6.07) is 4.70. The topological polar surface area (TPSA) is 43.8 Å². The lowest BCUT2D eigenvalue weighted by atomic mass is 10.2. The van der Waals surface area contributed by atoms with Crippen molar-refractivity contribution in [3.05, 3.63) is 40.6 Å². The number of aromatic nitrogens is 2. The third-order valence-corrected chi connectivity index (χ3v) is 3.61. The lowest BCUT2D eigenvalue weighted by Crippen LogP contribution is -2.15. The molecule has 0 amide bonds. The van der Waals surface area contributed by atoms with E-state index in [2.05, 4.69) is 34.0 Å². The number of nitrogens with two attached hydrogens (primary N) is 1. The van der Waals surface area contributed by atoms with Gasteiger partial charge in [0.25, 0.3) is 0 Å². The normalized spacial score (nSPS) is 14.9. The van der Waals surface area contributed by atoms with Crippen LogP contribution in [0.3, 0.4) is 0 Å². The van der Waals surface area contributed by atoms with E-state index >= 15 is 0 Å². The zero-order chi connectivity index (χ0) is 11.5. The summed E-state index contributed by atoms with van der Waals surface area (Å²) in [7, 11) is 0. The molecule has 0 bridgehead atoms. The van der Waals surface area contributed by atoms with Crippen molar-refractivity contribution in [1.29, 1.82) is 0 Å². The van der Waals surface area contributed by atoms with Crippen molar-refractivity contribution in [2.75, 3.05) is 0 Å². The van der Waals surface area contributed by atoms with Crippen molar-refractivity contribution >= 4 is 11.3 Å². The van der Waals surface area contributed by atoms with Crippen LogP contribution in [0.5, 0.6) is 0 Å². The third-order valence-electron chi connectivity index (χ3n) is 2.71. The smallest absolute Gasteiger partial charge is 0.0951 e. The molecular formula is C12H17N3S. The molecule has 2 aromatic heterocycles. The zero-order valence-corrected chi connectivity index (χ0v) is 10.4. The van der Waals surface area contributed by atoms with Gasteiger partial charge in [0.05, 0.1) is 12.0 Å². The molecule has 0 saturated heterocycles. The molecule has 0 fully saturated rings. The Bertz CT molecular complexity index is 431. The highest BCUT2D eigenvalue weighted by molar-refractivity contribution is 7.09. The quantitative estimate of drug-likeness (QED) is 0.885. The summed E-state index contributed by atoms with van der Waals surface area (Å²) in [5.41, 5.74) is 7.01. The van der Waals surface area contributed by atoms with E-state index in [1.807, 2.05) is 19.4 Å². The highest BCUT2D eigenvalue weighted by atomic mass is 32.1. The first-order valence-electron chi connectivity index (χ1n) is 5.48. The van der Waals surface area contributed by atoms with Crippen molar-refractivity contribution in [2.45, 2.75) is 32.4 Å². The molecule has 2 heterocycles. The summed E-state index contributed by atoms with van der Waals surface area (Å²) in [5.74, 6) is 0. The predicted octanol–water partition coefficient (Wildman–Crippen LogP) is 2.77. The molecule has 2 aromatic rings. The van der Waals surface area contributed by atoms with Gasteiger partial charge in [-0.05, 0) is 25.3 Å². The van der Waals surface area contributed by atoms with Crippen LogP contribution in [0.1, 0.15) is 36.5 Å². The Hall–Kier alpha value is -1.13. The molecule has 16 heavy (non-hydrogen) atoms. The summed E-state index contributed by atoms with van der Waals surface area (Å²) in [6.45, 7) is 4.19. The molecular weight excluding hydrogens is 218 g/mol. The summed E-state index contributed by atoms with van der Waals surface area (Å²) in [5, 5.41) is 2.11. The lowest BCUT2D eigenvalue weighted by Gasteiger charge is -2.17. The summed E-state index contributed by atoms with van der Waals surface area (Å²) >= 11 is 1.80. The van der Waals surface area contributed by atoms with Gasteiger partial charge in [-0.2, -0.15) is 0 Å². The number of imidazole rings is 1. The minimum atomic E-state index is 0.0354. The van der Waals surface area contributed by atoms with Gasteiger partial charge in [0.2, 0.25) is 0 Å². The van der Waals surface area contributed by atoms with E-state index in [0.29, 0.717) is 6.04 Å². The summed E-state index contributed by atoms with van der Waals surface area (Å²) < 4.78 is 2.17. The first-order chi connectivity index (χ1) is 7.68. The van der Waals surface area contributed by atoms with E-state index in [1.54, 1.807) is 11.3 Å². The van der Waals surface area contributed by atoms with Gasteiger partial charge in [-0.3, -0.25) is 0 Å². The van der Waals surface area contributed by atoms with Crippen molar-refractivity contribution in [3.8, 4) is 0 Å². The van der Waals surface area contributed by atoms with Crippen LogP contribution in [0.25, 0.3) is 0 Å². The van der Waals surface area contributed by atoms with Crippen LogP contribution in [0.2, 0.25) is 0 Å². The van der Waals surface area contributed by atoms with E-state index in [9.17, 15) is 0 Å². The molecule has 0 saturated carbocycles. The molecule has 0 aliphatic heterocycles. The van der Waals surface area contributed by atoms with Crippen LogP contribution >= 0.6 is 11.3 Å². The summed E-state index contributed by atoms with van der Waals surface area (Å²) in [4.78, 5) is 5.58. The predicted molar refractivity (Wildman–Crippen MR) is 67.6 cm³/mol. The number of thiophene rings is 1. The lowest BCUT2D eigenvalue weighted by molar-refractivity contribution is 0.513. The Morgan fingerprint density at radius 1 is 1.50 bits per heavy atom. The van der Waals surface area contributed by atoms with Gasteiger partial charge in [0.1, 0.15) is 0 Å². The van der Waals surface area contributed by atoms with Crippen LogP contribution in [-0.4, -0.2) is 9.55 Å². The first kappa shape index (κ1) is 11.4. The second-order valence-electron chi connectivity index (χ2n) is 4.15. The summed E-state index contributed by atoms with van der Waals surface area (Å²) in [6.07, 6.45) is 4.76. The molecule has 3 nitrogen and oxygen atoms in total. The molecule has 4 heteroatoms. The molecule has 0 radical (unpaired) electrons. The molecule has 0 aliphatic carbocycles. The maximum absolute atomic E-state index is 5.91. The number of nitrogens with zero attached hydrogens (tertiary/aromatic N) is 2. The highest BCUT2D eigenvalue weighted by Gasteiger charge is 2.12. The van der Waals surface area contributed by atoms with Crippen LogP contribution in [-0.2, 0) is 6.42 Å². The fourth-order valence-electron chi connectivity index (χ4n) is 1.85. The van der Waals surface area contributed by atoms with Crippen molar-refractivity contribution in [2.24, 2.45) is 5.73 Å². The van der Waals surface area contributed by atoms with Crippen molar-refractivity contribution in [3.63, 3.8) is 0 Å². The van der Waals surface area contributed by atoms with Gasteiger partial charge >= 0.3 is 0 Å². The van der Waals surface area contributed by atoms with Gasteiger partial charge in [0, 0.05) is 29.6 Å². The van der Waals surface area contributed by atoms with Gasteiger partial charge in [-0.1, -0.05) is 6.07 Å². The van der Waals surface area contributed by atoms with Crippen molar-refractivity contribution in [1.82, 2.24) is 9.55 Å². The molecule has 2 N–H and O–H groups in total. The van der Waals surface area contributed by atoms with Gasteiger partial charge in [-0.15, -0.1) is 11.3 Å². The number of hydrogen-bond donors (Lipinski definition) is 1. The van der Waals surface area contributed by atoms with Gasteiger partial charge in [0.15, 0.2) is 0 Å². The van der Waals surface area contributed by atoms with E-state index in [-0.39, 0.29) is 6.04 Å². The Labute approximate surface area is 99.9 Å². The molecule has 0 spiro atoms. The van der Waals surface area contributed by atoms with E-state index in [4.69, 9.17) is 5.73 Å². The van der Waals surface area contributed by atoms with Crippen molar-refractivity contribution < 1.29 is 0 Å². The third kappa shape index (κ3) is 2.33. The fraction of sp³-hybridized carbons (Fsp3) is 0.417. The SMILES string of the molecule is CC(N)c1cncn1C(C)Cc1cccs1. The van der Waals surface area contributed by atoms with Crippen LogP contribution in [0.4, 0.5) is 0 Å². The Morgan fingerprint density at radius 3 is 2.94 bits per heavy atom. The van der Waals surface area contributed by atoms with E-state index < -0.39 is 0 Å². The number of rotatable bonds is 4. The average molecular weight is 235 g/mol. The molecule has 0 aromatic carbocycles. The maximum atomic E-state index is 5.91. The second kappa shape index (κ2) is 4.80. The molecule has 0 aliphatic rings. The Kier molecular flexibility index (Phi) is 3.41. The molecule has 2 rings (SSSR count). The van der Waals surface area contributed by atoms with Crippen LogP contribution in [0.15, 0.2) is 30.0 Å². The van der Waals surface area contributed by atoms with E-state index in [1.165, 1.54) is 4.88 Å². The molecule has 2 unspecified atom stereocenters.